The fourth-order valence-corrected chi connectivity index (χ4v) is 5.27. The maximum Gasteiger partial charge on any atom is 0.338 e. The van der Waals surface area contributed by atoms with Crippen molar-refractivity contribution < 1.29 is 23.8 Å². The van der Waals surface area contributed by atoms with E-state index in [-0.39, 0.29) is 25.0 Å². The molecule has 2 unspecified atom stereocenters. The highest BCUT2D eigenvalue weighted by Crippen LogP contribution is 2.45. The molecular formula is C28H31N3O5S. The Labute approximate surface area is 221 Å². The summed E-state index contributed by atoms with van der Waals surface area (Å²) in [5.41, 5.74) is 3.66. The zero-order chi connectivity index (χ0) is 26.4. The molecule has 0 radical (unpaired) electrons. The lowest BCUT2D eigenvalue weighted by atomic mass is 9.93. The van der Waals surface area contributed by atoms with Crippen LogP contribution in [0.5, 0.6) is 5.75 Å². The van der Waals surface area contributed by atoms with Crippen LogP contribution in [0.25, 0.3) is 0 Å². The predicted molar refractivity (Wildman–Crippen MR) is 144 cm³/mol. The monoisotopic (exact) mass is 521 g/mol. The molecule has 9 heteroatoms. The lowest BCUT2D eigenvalue weighted by molar-refractivity contribution is -0.141. The first-order valence-corrected chi connectivity index (χ1v) is 12.9. The third-order valence-electron chi connectivity index (χ3n) is 6.19. The van der Waals surface area contributed by atoms with Crippen molar-refractivity contribution in [2.75, 3.05) is 27.4 Å². The van der Waals surface area contributed by atoms with E-state index >= 15 is 0 Å². The summed E-state index contributed by atoms with van der Waals surface area (Å²) in [7, 11) is 3.16. The van der Waals surface area contributed by atoms with E-state index < -0.39 is 12.0 Å². The van der Waals surface area contributed by atoms with Crippen LogP contribution in [0.1, 0.15) is 43.5 Å². The topological polar surface area (TPSA) is 89.5 Å². The largest absolute Gasteiger partial charge is 0.497 e. The number of hydrogen-bond acceptors (Lipinski definition) is 8. The number of amides is 1. The Bertz CT molecular complexity index is 1220. The first-order valence-electron chi connectivity index (χ1n) is 12.0. The molecule has 2 heterocycles. The summed E-state index contributed by atoms with van der Waals surface area (Å²) in [4.78, 5) is 33.0. The van der Waals surface area contributed by atoms with E-state index in [4.69, 9.17) is 19.2 Å². The van der Waals surface area contributed by atoms with Crippen LogP contribution in [0.15, 0.2) is 82.0 Å². The number of thioether (sulfide) groups is 1. The summed E-state index contributed by atoms with van der Waals surface area (Å²) in [6.45, 7) is 4.19. The van der Waals surface area contributed by atoms with E-state index in [0.717, 1.165) is 16.8 Å². The van der Waals surface area contributed by atoms with E-state index in [9.17, 15) is 9.59 Å². The van der Waals surface area contributed by atoms with Gasteiger partial charge in [0.05, 0.1) is 43.5 Å². The molecule has 37 heavy (non-hydrogen) atoms. The molecule has 2 aliphatic rings. The van der Waals surface area contributed by atoms with Gasteiger partial charge in [-0.1, -0.05) is 54.2 Å². The molecule has 2 aromatic carbocycles. The number of ether oxygens (including phenoxy) is 3. The summed E-state index contributed by atoms with van der Waals surface area (Å²) in [5, 5.41) is 5.71. The van der Waals surface area contributed by atoms with Crippen molar-refractivity contribution in [3.05, 3.63) is 88.1 Å². The van der Waals surface area contributed by atoms with E-state index in [1.54, 1.807) is 21.1 Å². The molecule has 0 spiro atoms. The third kappa shape index (κ3) is 6.06. The number of rotatable bonds is 10. The molecule has 0 aliphatic carbocycles. The van der Waals surface area contributed by atoms with E-state index in [1.165, 1.54) is 11.8 Å². The van der Waals surface area contributed by atoms with Crippen molar-refractivity contribution in [3.8, 4) is 5.75 Å². The average molecular weight is 522 g/mol. The molecule has 8 nitrogen and oxygen atoms in total. The number of nitrogens with one attached hydrogen (secondary N) is 1. The first kappa shape index (κ1) is 26.5. The number of hydrogen-bond donors (Lipinski definition) is 1. The van der Waals surface area contributed by atoms with Crippen LogP contribution in [0, 0.1) is 0 Å². The standard InChI is InChI=1S/C28H31N3O5S/c1-18(20-8-6-5-7-9-20)29-24(32)16-22-17-37-28-30-19(2)25(27(33)36-15-14-34-3)26(31(22)28)21-10-12-23(35-4)13-11-21/h5-13,17-18,26H,14-16H2,1-4H3,(H,29,32). The minimum atomic E-state index is -0.506. The molecular weight excluding hydrogens is 490 g/mol. The zero-order valence-corrected chi connectivity index (χ0v) is 22.2. The summed E-state index contributed by atoms with van der Waals surface area (Å²) >= 11 is 1.44. The lowest BCUT2D eigenvalue weighted by Gasteiger charge is -2.36. The van der Waals surface area contributed by atoms with Crippen LogP contribution < -0.4 is 10.1 Å². The van der Waals surface area contributed by atoms with E-state index in [1.807, 2.05) is 71.8 Å². The minimum Gasteiger partial charge on any atom is -0.497 e. The fraction of sp³-hybridized carbons (Fsp3) is 0.321. The predicted octanol–water partition coefficient (Wildman–Crippen LogP) is 4.73. The molecule has 0 bridgehead atoms. The molecule has 1 amide bonds. The Morgan fingerprint density at radius 3 is 2.49 bits per heavy atom. The van der Waals surface area contributed by atoms with Crippen LogP contribution in [-0.2, 0) is 19.1 Å². The summed E-state index contributed by atoms with van der Waals surface area (Å²) in [5.74, 6) is 0.129. The Kier molecular flexibility index (Phi) is 8.68. The Morgan fingerprint density at radius 2 is 1.81 bits per heavy atom. The molecule has 2 aromatic rings. The van der Waals surface area contributed by atoms with Crippen LogP contribution in [0.2, 0.25) is 0 Å². The van der Waals surface area contributed by atoms with Crippen molar-refractivity contribution in [2.24, 2.45) is 4.99 Å². The number of methoxy groups -OCH3 is 2. The first-order chi connectivity index (χ1) is 17.9. The van der Waals surface area contributed by atoms with Crippen LogP contribution in [-0.4, -0.2) is 49.4 Å². The van der Waals surface area contributed by atoms with Gasteiger partial charge in [0.15, 0.2) is 5.17 Å². The molecule has 4 rings (SSSR count). The van der Waals surface area contributed by atoms with E-state index in [0.29, 0.717) is 28.8 Å². The second-order valence-electron chi connectivity index (χ2n) is 8.67. The number of benzene rings is 2. The van der Waals surface area contributed by atoms with Gasteiger partial charge in [-0.3, -0.25) is 4.79 Å². The van der Waals surface area contributed by atoms with Crippen molar-refractivity contribution in [3.63, 3.8) is 0 Å². The number of fused-ring (bicyclic) bond motifs is 1. The SMILES string of the molecule is COCCOC(=O)C1=C(C)N=C2SC=C(CC(=O)NC(C)c3ccccc3)N2C1c1ccc(OC)cc1. The van der Waals surface area contributed by atoms with Crippen molar-refractivity contribution in [2.45, 2.75) is 32.4 Å². The molecule has 1 N–H and O–H groups in total. The van der Waals surface area contributed by atoms with Crippen LogP contribution in [0.4, 0.5) is 0 Å². The number of amidine groups is 1. The van der Waals surface area contributed by atoms with Gasteiger partial charge in [-0.2, -0.15) is 0 Å². The molecule has 0 aromatic heterocycles. The number of esters is 1. The molecule has 0 fully saturated rings. The maximum absolute atomic E-state index is 13.2. The number of allylic oxidation sites excluding steroid dienone is 1. The molecule has 2 atom stereocenters. The van der Waals surface area contributed by atoms with Gasteiger partial charge in [-0.25, -0.2) is 9.79 Å². The molecule has 2 aliphatic heterocycles. The third-order valence-corrected chi connectivity index (χ3v) is 7.08. The van der Waals surface area contributed by atoms with Gasteiger partial charge in [0.2, 0.25) is 5.91 Å². The Hall–Kier alpha value is -3.56. The van der Waals surface area contributed by atoms with Gasteiger partial charge in [0, 0.05) is 12.8 Å². The zero-order valence-electron chi connectivity index (χ0n) is 21.4. The highest BCUT2D eigenvalue weighted by atomic mass is 32.2. The van der Waals surface area contributed by atoms with E-state index in [2.05, 4.69) is 5.32 Å². The normalized spacial score (nSPS) is 17.5. The van der Waals surface area contributed by atoms with Crippen LogP contribution >= 0.6 is 11.8 Å². The molecule has 0 saturated heterocycles. The smallest absolute Gasteiger partial charge is 0.338 e. The highest BCUT2D eigenvalue weighted by Gasteiger charge is 2.41. The summed E-state index contributed by atoms with van der Waals surface area (Å²) in [6.07, 6.45) is 0.140. The second-order valence-corrected chi connectivity index (χ2v) is 9.51. The van der Waals surface area contributed by atoms with Crippen molar-refractivity contribution >= 4 is 28.8 Å². The summed E-state index contributed by atoms with van der Waals surface area (Å²) < 4.78 is 15.9. The minimum absolute atomic E-state index is 0.117. The number of nitrogens with zero attached hydrogens (tertiary/aromatic N) is 2. The van der Waals surface area contributed by atoms with Gasteiger partial charge < -0.3 is 24.4 Å². The van der Waals surface area contributed by atoms with Crippen molar-refractivity contribution in [1.82, 2.24) is 10.2 Å². The van der Waals surface area contributed by atoms with Gasteiger partial charge in [0.25, 0.3) is 0 Å². The maximum atomic E-state index is 13.2. The fourth-order valence-electron chi connectivity index (χ4n) is 4.31. The van der Waals surface area contributed by atoms with Gasteiger partial charge in [-0.05, 0) is 42.5 Å². The molecule has 0 saturated carbocycles. The van der Waals surface area contributed by atoms with Gasteiger partial charge in [0.1, 0.15) is 12.4 Å². The molecule has 194 valence electrons. The lowest BCUT2D eigenvalue weighted by Crippen LogP contribution is -2.38. The van der Waals surface area contributed by atoms with Gasteiger partial charge in [-0.15, -0.1) is 0 Å². The highest BCUT2D eigenvalue weighted by molar-refractivity contribution is 8.16. The Morgan fingerprint density at radius 1 is 1.08 bits per heavy atom. The van der Waals surface area contributed by atoms with Crippen LogP contribution in [0.3, 0.4) is 0 Å². The Balaban J connectivity index is 1.61. The number of carbonyl (C=O) groups is 2. The number of aliphatic imine (C=N–C) groups is 1. The van der Waals surface area contributed by atoms with Crippen molar-refractivity contribution in [1.29, 1.82) is 0 Å². The van der Waals surface area contributed by atoms with Gasteiger partial charge >= 0.3 is 5.97 Å². The quantitative estimate of drug-likeness (QED) is 0.357. The number of carbonyl (C=O) groups excluding carboxylic acids is 2. The summed E-state index contributed by atoms with van der Waals surface area (Å²) in [6, 6.07) is 16.7. The average Bonchev–Trinajstić information content (AvgIpc) is 3.30. The second kappa shape index (κ2) is 12.1.